The topological polar surface area (TPSA) is 24.9 Å². The Morgan fingerprint density at radius 3 is 2.65 bits per heavy atom. The lowest BCUT2D eigenvalue weighted by Gasteiger charge is -2.13. The van der Waals surface area contributed by atoms with Crippen LogP contribution >= 0.6 is 27.3 Å². The Morgan fingerprint density at radius 1 is 1.30 bits per heavy atom. The van der Waals surface area contributed by atoms with Gasteiger partial charge in [0.1, 0.15) is 0 Å². The molecule has 0 aliphatic rings. The van der Waals surface area contributed by atoms with Crippen molar-refractivity contribution in [2.45, 2.75) is 46.1 Å². The summed E-state index contributed by atoms with van der Waals surface area (Å²) in [4.78, 5) is 5.81. The first-order chi connectivity index (χ1) is 9.40. The van der Waals surface area contributed by atoms with Crippen LogP contribution in [0.4, 0.5) is 5.69 Å². The summed E-state index contributed by atoms with van der Waals surface area (Å²) in [6, 6.07) is 6.39. The van der Waals surface area contributed by atoms with E-state index in [1.54, 1.807) is 11.3 Å². The number of nitrogens with one attached hydrogen (secondary N) is 1. The molecule has 0 saturated heterocycles. The number of benzene rings is 1. The van der Waals surface area contributed by atoms with Gasteiger partial charge in [0.15, 0.2) is 0 Å². The van der Waals surface area contributed by atoms with Gasteiger partial charge in [-0.2, -0.15) is 0 Å². The lowest BCUT2D eigenvalue weighted by molar-refractivity contribution is 0.585. The van der Waals surface area contributed by atoms with Gasteiger partial charge < -0.3 is 5.32 Å². The van der Waals surface area contributed by atoms with Crippen molar-refractivity contribution in [3.63, 3.8) is 0 Å². The van der Waals surface area contributed by atoms with Gasteiger partial charge in [0, 0.05) is 26.6 Å². The Balaban J connectivity index is 2.07. The Morgan fingerprint density at radius 2 is 2.05 bits per heavy atom. The molecule has 0 unspecified atom stereocenters. The molecule has 0 aliphatic heterocycles. The molecule has 0 aliphatic carbocycles. The number of rotatable bonds is 4. The van der Waals surface area contributed by atoms with Crippen molar-refractivity contribution in [1.29, 1.82) is 0 Å². The van der Waals surface area contributed by atoms with E-state index in [0.717, 1.165) is 17.4 Å². The van der Waals surface area contributed by atoms with Crippen molar-refractivity contribution in [2.75, 3.05) is 5.32 Å². The van der Waals surface area contributed by atoms with Crippen molar-refractivity contribution < 1.29 is 0 Å². The molecule has 2 aromatic rings. The van der Waals surface area contributed by atoms with E-state index < -0.39 is 0 Å². The SMILES string of the molecule is CCc1cc(Br)ccc1NCc1cnc(C(C)(C)C)s1. The minimum absolute atomic E-state index is 0.134. The van der Waals surface area contributed by atoms with Gasteiger partial charge >= 0.3 is 0 Å². The van der Waals surface area contributed by atoms with Crippen molar-refractivity contribution >= 4 is 33.0 Å². The minimum Gasteiger partial charge on any atom is -0.380 e. The summed E-state index contributed by atoms with van der Waals surface area (Å²) >= 11 is 5.32. The molecule has 1 aromatic heterocycles. The van der Waals surface area contributed by atoms with Crippen LogP contribution in [0.5, 0.6) is 0 Å². The normalized spacial score (nSPS) is 11.7. The zero-order chi connectivity index (χ0) is 14.8. The summed E-state index contributed by atoms with van der Waals surface area (Å²) in [6.07, 6.45) is 3.01. The highest BCUT2D eigenvalue weighted by Gasteiger charge is 2.17. The van der Waals surface area contributed by atoms with Crippen LogP contribution in [0.15, 0.2) is 28.9 Å². The highest BCUT2D eigenvalue weighted by molar-refractivity contribution is 9.10. The molecule has 1 heterocycles. The fourth-order valence-corrected chi connectivity index (χ4v) is 3.26. The van der Waals surface area contributed by atoms with Crippen molar-refractivity contribution in [3.05, 3.63) is 44.3 Å². The van der Waals surface area contributed by atoms with Crippen LogP contribution in [0.25, 0.3) is 0 Å². The molecule has 2 rings (SSSR count). The first-order valence-electron chi connectivity index (χ1n) is 6.87. The summed E-state index contributed by atoms with van der Waals surface area (Å²) in [6.45, 7) is 9.62. The van der Waals surface area contributed by atoms with Crippen LogP contribution in [0, 0.1) is 0 Å². The summed E-state index contributed by atoms with van der Waals surface area (Å²) < 4.78 is 1.13. The quantitative estimate of drug-likeness (QED) is 0.798. The molecule has 0 spiro atoms. The second-order valence-corrected chi connectivity index (χ2v) is 7.92. The van der Waals surface area contributed by atoms with E-state index in [0.29, 0.717) is 0 Å². The third-order valence-corrected chi connectivity index (χ3v) is 5.01. The highest BCUT2D eigenvalue weighted by Crippen LogP contribution is 2.28. The van der Waals surface area contributed by atoms with Crippen molar-refractivity contribution in [1.82, 2.24) is 4.98 Å². The first kappa shape index (κ1) is 15.5. The Bertz CT molecular complexity index is 584. The minimum atomic E-state index is 0.134. The maximum atomic E-state index is 4.53. The molecule has 1 N–H and O–H groups in total. The summed E-state index contributed by atoms with van der Waals surface area (Å²) in [7, 11) is 0. The van der Waals surface area contributed by atoms with E-state index in [-0.39, 0.29) is 5.41 Å². The van der Waals surface area contributed by atoms with Crippen molar-refractivity contribution in [2.24, 2.45) is 0 Å². The molecule has 20 heavy (non-hydrogen) atoms. The maximum Gasteiger partial charge on any atom is 0.0981 e. The molecule has 0 amide bonds. The zero-order valence-corrected chi connectivity index (χ0v) is 14.9. The van der Waals surface area contributed by atoms with E-state index in [1.165, 1.54) is 21.1 Å². The molecule has 0 atom stereocenters. The van der Waals surface area contributed by atoms with Crippen LogP contribution < -0.4 is 5.32 Å². The van der Waals surface area contributed by atoms with Crippen LogP contribution in [0.1, 0.15) is 43.1 Å². The van der Waals surface area contributed by atoms with Crippen LogP contribution in [-0.2, 0) is 18.4 Å². The van der Waals surface area contributed by atoms with E-state index in [2.05, 4.69) is 72.1 Å². The number of aromatic nitrogens is 1. The third kappa shape index (κ3) is 3.83. The standard InChI is InChI=1S/C16H21BrN2S/c1-5-11-8-12(17)6-7-14(11)18-9-13-10-19-15(20-13)16(2,3)4/h6-8,10,18H,5,9H2,1-4H3. The number of hydrogen-bond acceptors (Lipinski definition) is 3. The lowest BCUT2D eigenvalue weighted by atomic mass is 9.98. The van der Waals surface area contributed by atoms with Gasteiger partial charge in [-0.1, -0.05) is 43.6 Å². The molecule has 0 radical (unpaired) electrons. The first-order valence-corrected chi connectivity index (χ1v) is 8.48. The molecule has 2 nitrogen and oxygen atoms in total. The zero-order valence-electron chi connectivity index (χ0n) is 12.5. The summed E-state index contributed by atoms with van der Waals surface area (Å²) in [5, 5.41) is 4.72. The molecule has 0 saturated carbocycles. The highest BCUT2D eigenvalue weighted by atomic mass is 79.9. The van der Waals surface area contributed by atoms with Crippen LogP contribution in [0.2, 0.25) is 0 Å². The van der Waals surface area contributed by atoms with Gasteiger partial charge in [0.2, 0.25) is 0 Å². The second kappa shape index (κ2) is 6.27. The second-order valence-electron chi connectivity index (χ2n) is 5.89. The Kier molecular flexibility index (Phi) is 4.86. The average Bonchev–Trinajstić information content (AvgIpc) is 2.86. The van der Waals surface area contributed by atoms with E-state index >= 15 is 0 Å². The van der Waals surface area contributed by atoms with Gasteiger partial charge in [0.25, 0.3) is 0 Å². The number of anilines is 1. The Hall–Kier alpha value is -0.870. The van der Waals surface area contributed by atoms with Gasteiger partial charge in [-0.25, -0.2) is 4.98 Å². The number of nitrogens with zero attached hydrogens (tertiary/aromatic N) is 1. The van der Waals surface area contributed by atoms with Crippen molar-refractivity contribution in [3.8, 4) is 0 Å². The maximum absolute atomic E-state index is 4.53. The molecular weight excluding hydrogens is 332 g/mol. The lowest BCUT2D eigenvalue weighted by Crippen LogP contribution is -2.09. The van der Waals surface area contributed by atoms with Crippen LogP contribution in [0.3, 0.4) is 0 Å². The Labute approximate surface area is 133 Å². The number of aryl methyl sites for hydroxylation is 1. The predicted octanol–water partition coefficient (Wildman–Crippen LogP) is 5.38. The number of thiazole rings is 1. The fourth-order valence-electron chi connectivity index (χ4n) is 1.95. The largest absolute Gasteiger partial charge is 0.380 e. The molecular formula is C16H21BrN2S. The predicted molar refractivity (Wildman–Crippen MR) is 91.7 cm³/mol. The monoisotopic (exact) mass is 352 g/mol. The molecule has 1 aromatic carbocycles. The average molecular weight is 353 g/mol. The molecule has 4 heteroatoms. The van der Waals surface area contributed by atoms with E-state index in [1.807, 2.05) is 6.20 Å². The summed E-state index contributed by atoms with van der Waals surface area (Å²) in [5.74, 6) is 0. The van der Waals surface area contributed by atoms with E-state index in [4.69, 9.17) is 0 Å². The molecule has 108 valence electrons. The summed E-state index contributed by atoms with van der Waals surface area (Å²) in [5.41, 5.74) is 2.68. The van der Waals surface area contributed by atoms with Gasteiger partial charge in [-0.3, -0.25) is 0 Å². The van der Waals surface area contributed by atoms with Gasteiger partial charge in [-0.05, 0) is 30.2 Å². The van der Waals surface area contributed by atoms with Gasteiger partial charge in [0.05, 0.1) is 11.6 Å². The molecule has 0 bridgehead atoms. The van der Waals surface area contributed by atoms with E-state index in [9.17, 15) is 0 Å². The smallest absolute Gasteiger partial charge is 0.0981 e. The molecule has 0 fully saturated rings. The number of halogens is 1. The van der Waals surface area contributed by atoms with Crippen LogP contribution in [-0.4, -0.2) is 4.98 Å². The van der Waals surface area contributed by atoms with Gasteiger partial charge in [-0.15, -0.1) is 11.3 Å². The number of hydrogen-bond donors (Lipinski definition) is 1. The third-order valence-electron chi connectivity index (χ3n) is 3.10. The fraction of sp³-hybridized carbons (Fsp3) is 0.438.